The molecule has 108 valence electrons. The van der Waals surface area contributed by atoms with Crippen molar-refractivity contribution in [1.29, 1.82) is 0 Å². The molecule has 22 heavy (non-hydrogen) atoms. The summed E-state index contributed by atoms with van der Waals surface area (Å²) < 4.78 is 2.10. The molecular formula is C17H13ClN4. The van der Waals surface area contributed by atoms with Crippen LogP contribution in [0, 0.1) is 0 Å². The van der Waals surface area contributed by atoms with E-state index < -0.39 is 0 Å². The monoisotopic (exact) mass is 308 g/mol. The Hall–Kier alpha value is -2.46. The molecule has 0 aliphatic heterocycles. The molecule has 4 nitrogen and oxygen atoms in total. The fourth-order valence-corrected chi connectivity index (χ4v) is 2.91. The van der Waals surface area contributed by atoms with Gasteiger partial charge in [0.25, 0.3) is 0 Å². The Balaban J connectivity index is 1.93. The molecule has 4 aromatic rings. The second-order valence-electron chi connectivity index (χ2n) is 5.24. The normalized spacial score (nSPS) is 11.4. The molecule has 0 aliphatic carbocycles. The molecular weight excluding hydrogens is 296 g/mol. The third-order valence-electron chi connectivity index (χ3n) is 3.82. The van der Waals surface area contributed by atoms with Gasteiger partial charge in [-0.1, -0.05) is 17.7 Å². The van der Waals surface area contributed by atoms with Gasteiger partial charge >= 0.3 is 0 Å². The van der Waals surface area contributed by atoms with Crippen LogP contribution < -0.4 is 0 Å². The van der Waals surface area contributed by atoms with E-state index in [-0.39, 0.29) is 0 Å². The summed E-state index contributed by atoms with van der Waals surface area (Å²) in [4.78, 5) is 13.5. The van der Waals surface area contributed by atoms with Crippen molar-refractivity contribution in [3.8, 4) is 0 Å². The maximum absolute atomic E-state index is 6.14. The fraction of sp³-hybridized carbons (Fsp3) is 0.118. The molecule has 1 aromatic carbocycles. The Morgan fingerprint density at radius 1 is 1.09 bits per heavy atom. The summed E-state index contributed by atoms with van der Waals surface area (Å²) in [6.07, 6.45) is 4.30. The number of nitrogens with zero attached hydrogens (tertiary/aromatic N) is 4. The molecule has 0 amide bonds. The lowest BCUT2D eigenvalue weighted by atomic mass is 10.2. The van der Waals surface area contributed by atoms with Gasteiger partial charge in [-0.05, 0) is 30.3 Å². The van der Waals surface area contributed by atoms with Gasteiger partial charge in [0.15, 0.2) is 0 Å². The molecule has 4 rings (SSSR count). The van der Waals surface area contributed by atoms with E-state index in [1.807, 2.05) is 49.6 Å². The highest BCUT2D eigenvalue weighted by Crippen LogP contribution is 2.27. The van der Waals surface area contributed by atoms with Crippen molar-refractivity contribution in [2.45, 2.75) is 6.42 Å². The van der Waals surface area contributed by atoms with Gasteiger partial charge in [0.1, 0.15) is 11.3 Å². The molecule has 0 N–H and O–H groups in total. The van der Waals surface area contributed by atoms with E-state index in [4.69, 9.17) is 16.6 Å². The second-order valence-corrected chi connectivity index (χ2v) is 5.67. The molecule has 0 aliphatic rings. The average molecular weight is 309 g/mol. The molecule has 0 fully saturated rings. The van der Waals surface area contributed by atoms with Crippen molar-refractivity contribution in [3.05, 3.63) is 65.3 Å². The first kappa shape index (κ1) is 13.2. The molecule has 5 heteroatoms. The van der Waals surface area contributed by atoms with E-state index in [2.05, 4.69) is 14.5 Å². The van der Waals surface area contributed by atoms with Crippen molar-refractivity contribution in [1.82, 2.24) is 19.5 Å². The highest BCUT2D eigenvalue weighted by atomic mass is 35.5. The second kappa shape index (κ2) is 5.07. The SMILES string of the molecule is Cn1c(Cc2ccccn2)nc2cnc3ccc(Cl)cc3c21. The maximum Gasteiger partial charge on any atom is 0.115 e. The van der Waals surface area contributed by atoms with E-state index in [1.54, 1.807) is 6.20 Å². The van der Waals surface area contributed by atoms with Crippen LogP contribution in [0.2, 0.25) is 5.02 Å². The number of hydrogen-bond donors (Lipinski definition) is 0. The van der Waals surface area contributed by atoms with E-state index in [9.17, 15) is 0 Å². The summed E-state index contributed by atoms with van der Waals surface area (Å²) in [6.45, 7) is 0. The minimum Gasteiger partial charge on any atom is -0.330 e. The summed E-state index contributed by atoms with van der Waals surface area (Å²) in [6, 6.07) is 11.6. The standard InChI is InChI=1S/C17H13ClN4/c1-22-16(9-12-4-2-3-7-19-12)21-15-10-20-14-6-5-11(18)8-13(14)17(15)22/h2-8,10H,9H2,1H3. The molecule has 0 radical (unpaired) electrons. The van der Waals surface area contributed by atoms with Gasteiger partial charge in [-0.2, -0.15) is 0 Å². The number of hydrogen-bond acceptors (Lipinski definition) is 3. The lowest BCUT2D eigenvalue weighted by Crippen LogP contribution is -2.00. The summed E-state index contributed by atoms with van der Waals surface area (Å²) in [5.41, 5.74) is 3.85. The van der Waals surface area contributed by atoms with Crippen LogP contribution in [0.3, 0.4) is 0 Å². The lowest BCUT2D eigenvalue weighted by molar-refractivity contribution is 0.834. The first-order valence-electron chi connectivity index (χ1n) is 7.02. The number of halogens is 1. The number of aromatic nitrogens is 4. The van der Waals surface area contributed by atoms with Gasteiger partial charge in [-0.25, -0.2) is 4.98 Å². The predicted octanol–water partition coefficient (Wildman–Crippen LogP) is 3.76. The Bertz CT molecular complexity index is 976. The zero-order valence-corrected chi connectivity index (χ0v) is 12.7. The summed E-state index contributed by atoms with van der Waals surface area (Å²) in [7, 11) is 2.02. The molecule has 0 atom stereocenters. The minimum absolute atomic E-state index is 0.689. The first-order chi connectivity index (χ1) is 10.7. The topological polar surface area (TPSA) is 43.6 Å². The first-order valence-corrected chi connectivity index (χ1v) is 7.39. The van der Waals surface area contributed by atoms with Crippen molar-refractivity contribution in [2.24, 2.45) is 7.05 Å². The van der Waals surface area contributed by atoms with Crippen LogP contribution in [0.4, 0.5) is 0 Å². The maximum atomic E-state index is 6.14. The Morgan fingerprint density at radius 2 is 2.00 bits per heavy atom. The van der Waals surface area contributed by atoms with Gasteiger partial charge in [-0.3, -0.25) is 9.97 Å². The Labute approximate surface area is 132 Å². The van der Waals surface area contributed by atoms with Gasteiger partial charge < -0.3 is 4.57 Å². The highest BCUT2D eigenvalue weighted by molar-refractivity contribution is 6.31. The number of rotatable bonds is 2. The van der Waals surface area contributed by atoms with E-state index in [0.29, 0.717) is 11.4 Å². The number of imidazole rings is 1. The minimum atomic E-state index is 0.689. The summed E-state index contributed by atoms with van der Waals surface area (Å²) >= 11 is 6.14. The number of benzene rings is 1. The average Bonchev–Trinajstić information content (AvgIpc) is 2.85. The molecule has 0 bridgehead atoms. The van der Waals surface area contributed by atoms with Crippen LogP contribution in [0.15, 0.2) is 48.8 Å². The fourth-order valence-electron chi connectivity index (χ4n) is 2.74. The third kappa shape index (κ3) is 2.12. The zero-order chi connectivity index (χ0) is 15.1. The van der Waals surface area contributed by atoms with E-state index in [0.717, 1.165) is 33.5 Å². The molecule has 3 aromatic heterocycles. The van der Waals surface area contributed by atoms with Crippen LogP contribution >= 0.6 is 11.6 Å². The number of pyridine rings is 2. The Kier molecular flexibility index (Phi) is 3.05. The molecule has 3 heterocycles. The van der Waals surface area contributed by atoms with Crippen molar-refractivity contribution >= 4 is 33.5 Å². The highest BCUT2D eigenvalue weighted by Gasteiger charge is 2.12. The van der Waals surface area contributed by atoms with Crippen molar-refractivity contribution in [2.75, 3.05) is 0 Å². The third-order valence-corrected chi connectivity index (χ3v) is 4.05. The quantitative estimate of drug-likeness (QED) is 0.566. The van der Waals surface area contributed by atoms with Crippen LogP contribution in [-0.4, -0.2) is 19.5 Å². The summed E-state index contributed by atoms with van der Waals surface area (Å²) in [5.74, 6) is 0.961. The largest absolute Gasteiger partial charge is 0.330 e. The van der Waals surface area contributed by atoms with Gasteiger partial charge in [-0.15, -0.1) is 0 Å². The van der Waals surface area contributed by atoms with E-state index >= 15 is 0 Å². The van der Waals surface area contributed by atoms with Crippen LogP contribution in [0.5, 0.6) is 0 Å². The number of fused-ring (bicyclic) bond motifs is 3. The zero-order valence-electron chi connectivity index (χ0n) is 12.0. The summed E-state index contributed by atoms with van der Waals surface area (Å²) in [5, 5.41) is 1.72. The van der Waals surface area contributed by atoms with Crippen molar-refractivity contribution < 1.29 is 0 Å². The number of aryl methyl sites for hydroxylation is 1. The lowest BCUT2D eigenvalue weighted by Gasteiger charge is -2.04. The molecule has 0 saturated heterocycles. The predicted molar refractivity (Wildman–Crippen MR) is 88.1 cm³/mol. The van der Waals surface area contributed by atoms with Crippen molar-refractivity contribution in [3.63, 3.8) is 0 Å². The van der Waals surface area contributed by atoms with Crippen LogP contribution in [0.1, 0.15) is 11.5 Å². The van der Waals surface area contributed by atoms with Crippen LogP contribution in [-0.2, 0) is 13.5 Å². The molecule has 0 unspecified atom stereocenters. The van der Waals surface area contributed by atoms with E-state index in [1.165, 1.54) is 0 Å². The molecule has 0 saturated carbocycles. The van der Waals surface area contributed by atoms with Gasteiger partial charge in [0.2, 0.25) is 0 Å². The van der Waals surface area contributed by atoms with Gasteiger partial charge in [0, 0.05) is 35.8 Å². The smallest absolute Gasteiger partial charge is 0.115 e. The Morgan fingerprint density at radius 3 is 2.82 bits per heavy atom. The molecule has 0 spiro atoms. The van der Waals surface area contributed by atoms with Crippen LogP contribution in [0.25, 0.3) is 21.9 Å². The van der Waals surface area contributed by atoms with Gasteiger partial charge in [0.05, 0.1) is 17.2 Å².